The molecular formula is C20H31IN6O. The Labute approximate surface area is 184 Å². The standard InChI is InChI=1S/C20H30N6O.HI/c1-5-6-7-8-9-14-26(3)20(21-2)22-15-18-23-19(25-24-18)16-10-12-17(27-4)13-11-16;/h5,10-13H,1,6-9,14-15H2,2-4H3,(H,21,22)(H,23,24,25);1H. The van der Waals surface area contributed by atoms with Gasteiger partial charge >= 0.3 is 0 Å². The summed E-state index contributed by atoms with van der Waals surface area (Å²) in [6.07, 6.45) is 6.58. The van der Waals surface area contributed by atoms with Crippen molar-refractivity contribution in [2.45, 2.75) is 32.2 Å². The Balaban J connectivity index is 0.00000392. The summed E-state index contributed by atoms with van der Waals surface area (Å²) in [6.45, 7) is 5.26. The topological polar surface area (TPSA) is 78.4 Å². The number of hydrogen-bond donors (Lipinski definition) is 2. The lowest BCUT2D eigenvalue weighted by Crippen LogP contribution is -2.39. The molecule has 7 nitrogen and oxygen atoms in total. The molecule has 0 radical (unpaired) electrons. The fraction of sp³-hybridized carbons (Fsp3) is 0.450. The molecular weight excluding hydrogens is 467 g/mol. The number of benzene rings is 1. The van der Waals surface area contributed by atoms with Crippen molar-refractivity contribution in [1.82, 2.24) is 25.4 Å². The molecule has 0 aliphatic carbocycles. The van der Waals surface area contributed by atoms with Gasteiger partial charge in [-0.15, -0.1) is 30.6 Å². The van der Waals surface area contributed by atoms with Crippen molar-refractivity contribution in [2.24, 2.45) is 4.99 Å². The van der Waals surface area contributed by atoms with Crippen molar-refractivity contribution in [3.8, 4) is 17.1 Å². The van der Waals surface area contributed by atoms with E-state index >= 15 is 0 Å². The SMILES string of the molecule is C=CCCCCCN(C)C(=NC)NCc1nc(-c2ccc(OC)cc2)n[nH]1.I. The predicted octanol–water partition coefficient (Wildman–Crippen LogP) is 3.85. The van der Waals surface area contributed by atoms with Crippen LogP contribution in [0.2, 0.25) is 0 Å². The summed E-state index contributed by atoms with van der Waals surface area (Å²) < 4.78 is 5.18. The minimum atomic E-state index is 0. The molecule has 2 rings (SSSR count). The van der Waals surface area contributed by atoms with Gasteiger partial charge in [0.1, 0.15) is 11.6 Å². The number of guanidine groups is 1. The van der Waals surface area contributed by atoms with Gasteiger partial charge in [-0.2, -0.15) is 5.10 Å². The molecule has 0 aliphatic rings. The Hall–Kier alpha value is -2.10. The van der Waals surface area contributed by atoms with Crippen molar-refractivity contribution >= 4 is 29.9 Å². The zero-order chi connectivity index (χ0) is 19.5. The van der Waals surface area contributed by atoms with Crippen LogP contribution in [0.5, 0.6) is 5.75 Å². The van der Waals surface area contributed by atoms with Gasteiger partial charge < -0.3 is 15.0 Å². The van der Waals surface area contributed by atoms with Crippen molar-refractivity contribution in [3.63, 3.8) is 0 Å². The maximum absolute atomic E-state index is 5.18. The van der Waals surface area contributed by atoms with Crippen molar-refractivity contribution in [2.75, 3.05) is 27.7 Å². The number of aromatic nitrogens is 3. The molecule has 0 fully saturated rings. The maximum atomic E-state index is 5.18. The summed E-state index contributed by atoms with van der Waals surface area (Å²) in [4.78, 5) is 11.0. The smallest absolute Gasteiger partial charge is 0.193 e. The second kappa shape index (κ2) is 13.1. The Bertz CT molecular complexity index is 729. The van der Waals surface area contributed by atoms with Crippen LogP contribution in [-0.4, -0.2) is 53.8 Å². The zero-order valence-corrected chi connectivity index (χ0v) is 19.3. The van der Waals surface area contributed by atoms with Gasteiger partial charge in [-0.05, 0) is 43.5 Å². The van der Waals surface area contributed by atoms with Crippen LogP contribution in [0.15, 0.2) is 41.9 Å². The molecule has 8 heteroatoms. The number of allylic oxidation sites excluding steroid dienone is 1. The number of ether oxygens (including phenoxy) is 1. The van der Waals surface area contributed by atoms with Gasteiger partial charge in [0.2, 0.25) is 0 Å². The monoisotopic (exact) mass is 498 g/mol. The van der Waals surface area contributed by atoms with E-state index in [4.69, 9.17) is 4.74 Å². The van der Waals surface area contributed by atoms with Gasteiger partial charge in [-0.1, -0.05) is 12.5 Å². The summed E-state index contributed by atoms with van der Waals surface area (Å²) >= 11 is 0. The van der Waals surface area contributed by atoms with E-state index in [-0.39, 0.29) is 24.0 Å². The molecule has 0 bridgehead atoms. The van der Waals surface area contributed by atoms with Crippen molar-refractivity contribution in [1.29, 1.82) is 0 Å². The molecule has 0 amide bonds. The second-order valence-electron chi connectivity index (χ2n) is 6.29. The summed E-state index contributed by atoms with van der Waals surface area (Å²) in [5.41, 5.74) is 0.944. The van der Waals surface area contributed by atoms with Crippen LogP contribution in [0.25, 0.3) is 11.4 Å². The summed E-state index contributed by atoms with van der Waals surface area (Å²) in [6, 6.07) is 7.68. The third-order valence-electron chi connectivity index (χ3n) is 4.27. The zero-order valence-electron chi connectivity index (χ0n) is 16.9. The number of aromatic amines is 1. The quantitative estimate of drug-likeness (QED) is 0.171. The van der Waals surface area contributed by atoms with Crippen LogP contribution < -0.4 is 10.1 Å². The molecule has 154 valence electrons. The third kappa shape index (κ3) is 7.49. The predicted molar refractivity (Wildman–Crippen MR) is 125 cm³/mol. The fourth-order valence-electron chi connectivity index (χ4n) is 2.71. The Morgan fingerprint density at radius 1 is 1.29 bits per heavy atom. The molecule has 0 saturated carbocycles. The second-order valence-corrected chi connectivity index (χ2v) is 6.29. The van der Waals surface area contributed by atoms with Crippen molar-refractivity contribution < 1.29 is 4.74 Å². The maximum Gasteiger partial charge on any atom is 0.193 e. The molecule has 2 N–H and O–H groups in total. The Morgan fingerprint density at radius 2 is 2.04 bits per heavy atom. The van der Waals surface area contributed by atoms with Crippen LogP contribution in [0, 0.1) is 0 Å². The molecule has 1 aromatic heterocycles. The number of aliphatic imine (C=N–C) groups is 1. The van der Waals surface area contributed by atoms with E-state index in [1.54, 1.807) is 14.2 Å². The molecule has 2 aromatic rings. The van der Waals surface area contributed by atoms with Gasteiger partial charge in [-0.3, -0.25) is 10.1 Å². The van der Waals surface area contributed by atoms with Gasteiger partial charge in [0.15, 0.2) is 11.8 Å². The number of rotatable bonds is 10. The molecule has 0 spiro atoms. The molecule has 0 atom stereocenters. The third-order valence-corrected chi connectivity index (χ3v) is 4.27. The number of hydrogen-bond acceptors (Lipinski definition) is 4. The molecule has 0 aliphatic heterocycles. The first-order valence-electron chi connectivity index (χ1n) is 9.26. The van der Waals surface area contributed by atoms with Crippen LogP contribution in [0.1, 0.15) is 31.5 Å². The molecule has 0 unspecified atom stereocenters. The first-order chi connectivity index (χ1) is 13.2. The molecule has 0 saturated heterocycles. The van der Waals surface area contributed by atoms with E-state index in [9.17, 15) is 0 Å². The van der Waals surface area contributed by atoms with Gasteiger partial charge in [0.05, 0.1) is 13.7 Å². The van der Waals surface area contributed by atoms with E-state index in [1.807, 2.05) is 37.4 Å². The van der Waals surface area contributed by atoms with E-state index in [0.29, 0.717) is 12.4 Å². The largest absolute Gasteiger partial charge is 0.497 e. The van der Waals surface area contributed by atoms with Gasteiger partial charge in [0, 0.05) is 26.2 Å². The average Bonchev–Trinajstić information content (AvgIpc) is 3.17. The Morgan fingerprint density at radius 3 is 2.68 bits per heavy atom. The highest BCUT2D eigenvalue weighted by molar-refractivity contribution is 14.0. The normalized spacial score (nSPS) is 10.9. The van der Waals surface area contributed by atoms with Crippen LogP contribution >= 0.6 is 24.0 Å². The van der Waals surface area contributed by atoms with E-state index in [2.05, 4.69) is 37.0 Å². The fourth-order valence-corrected chi connectivity index (χ4v) is 2.71. The lowest BCUT2D eigenvalue weighted by molar-refractivity contribution is 0.415. The number of H-pyrrole nitrogens is 1. The average molecular weight is 498 g/mol. The first-order valence-corrected chi connectivity index (χ1v) is 9.26. The van der Waals surface area contributed by atoms with E-state index in [1.165, 1.54) is 12.8 Å². The number of unbranched alkanes of at least 4 members (excludes halogenated alkanes) is 3. The number of halogens is 1. The Kier molecular flexibility index (Phi) is 11.2. The first kappa shape index (κ1) is 23.9. The minimum Gasteiger partial charge on any atom is -0.497 e. The van der Waals surface area contributed by atoms with Gasteiger partial charge in [0.25, 0.3) is 0 Å². The summed E-state index contributed by atoms with van der Waals surface area (Å²) in [5.74, 6) is 3.09. The number of methoxy groups -OCH3 is 1. The highest BCUT2D eigenvalue weighted by Gasteiger charge is 2.09. The van der Waals surface area contributed by atoms with Gasteiger partial charge in [-0.25, -0.2) is 4.98 Å². The molecule has 1 heterocycles. The summed E-state index contributed by atoms with van der Waals surface area (Å²) in [5, 5.41) is 10.6. The molecule has 1 aromatic carbocycles. The molecule has 28 heavy (non-hydrogen) atoms. The van der Waals surface area contributed by atoms with E-state index in [0.717, 1.165) is 42.5 Å². The number of nitrogens with one attached hydrogen (secondary N) is 2. The lowest BCUT2D eigenvalue weighted by Gasteiger charge is -2.21. The van der Waals surface area contributed by atoms with Crippen LogP contribution in [0.3, 0.4) is 0 Å². The number of nitrogens with zero attached hydrogens (tertiary/aromatic N) is 4. The highest BCUT2D eigenvalue weighted by atomic mass is 127. The van der Waals surface area contributed by atoms with Crippen LogP contribution in [-0.2, 0) is 6.54 Å². The highest BCUT2D eigenvalue weighted by Crippen LogP contribution is 2.18. The lowest BCUT2D eigenvalue weighted by atomic mass is 10.2. The van der Waals surface area contributed by atoms with Crippen molar-refractivity contribution in [3.05, 3.63) is 42.7 Å². The van der Waals surface area contributed by atoms with Crippen LogP contribution in [0.4, 0.5) is 0 Å². The van der Waals surface area contributed by atoms with E-state index < -0.39 is 0 Å². The summed E-state index contributed by atoms with van der Waals surface area (Å²) in [7, 11) is 5.49. The minimum absolute atomic E-state index is 0.